The van der Waals surface area contributed by atoms with Crippen LogP contribution in [0.4, 0.5) is 0 Å². The zero-order valence-electron chi connectivity index (χ0n) is 27.9. The molecule has 0 aromatic heterocycles. The number of aromatic hydroxyl groups is 1. The number of carbonyl (C=O) groups is 1. The van der Waals surface area contributed by atoms with Crippen molar-refractivity contribution in [2.75, 3.05) is 40.6 Å². The molecular weight excluding hydrogens is 626 g/mol. The number of phenols is 1. The molecule has 6 heterocycles. The average Bonchev–Trinajstić information content (AvgIpc) is 3.74. The lowest BCUT2D eigenvalue weighted by atomic mass is 9.78. The first-order chi connectivity index (χ1) is 23.2. The fourth-order valence-electron chi connectivity index (χ4n) is 9.05. The van der Waals surface area contributed by atoms with Crippen LogP contribution in [0.3, 0.4) is 0 Å². The fourth-order valence-corrected chi connectivity index (χ4v) is 9.05. The minimum absolute atomic E-state index is 0.0334. The van der Waals surface area contributed by atoms with Gasteiger partial charge in [-0.2, -0.15) is 0 Å². The van der Waals surface area contributed by atoms with E-state index in [1.54, 1.807) is 14.2 Å². The molecule has 5 fully saturated rings. The van der Waals surface area contributed by atoms with Crippen LogP contribution in [0.25, 0.3) is 10.8 Å². The van der Waals surface area contributed by atoms with Crippen molar-refractivity contribution in [1.29, 1.82) is 0 Å². The number of benzene rings is 2. The monoisotopic (exact) mass is 669 g/mol. The molecule has 8 atom stereocenters. The van der Waals surface area contributed by atoms with E-state index in [0.29, 0.717) is 78.9 Å². The third kappa shape index (κ3) is 4.02. The lowest BCUT2D eigenvalue weighted by Crippen LogP contribution is -2.71. The van der Waals surface area contributed by atoms with Crippen LogP contribution in [0.5, 0.6) is 17.2 Å². The summed E-state index contributed by atoms with van der Waals surface area (Å²) >= 11 is 0. The van der Waals surface area contributed by atoms with Crippen molar-refractivity contribution in [1.82, 2.24) is 5.32 Å². The number of methoxy groups -OCH3 is 2. The third-order valence-corrected chi connectivity index (χ3v) is 11.1. The molecule has 0 saturated carbocycles. The van der Waals surface area contributed by atoms with Crippen molar-refractivity contribution in [2.45, 2.75) is 113 Å². The number of Topliss-reactive ketones (excluding diaryl/α,β-unsaturated/α-hetero) is 1. The molecule has 6 aliphatic heterocycles. The minimum atomic E-state index is -1.60. The van der Waals surface area contributed by atoms with Crippen LogP contribution in [0.1, 0.15) is 72.7 Å². The Labute approximate surface area is 278 Å². The summed E-state index contributed by atoms with van der Waals surface area (Å²) in [7, 11) is 3.27. The van der Waals surface area contributed by atoms with Gasteiger partial charge in [0.1, 0.15) is 23.4 Å². The van der Waals surface area contributed by atoms with Crippen LogP contribution in [0.15, 0.2) is 6.07 Å². The van der Waals surface area contributed by atoms with Gasteiger partial charge in [0.25, 0.3) is 11.6 Å². The van der Waals surface area contributed by atoms with E-state index < -0.39 is 42.0 Å². The molecule has 2 N–H and O–H groups in total. The molecule has 2 aromatic carbocycles. The van der Waals surface area contributed by atoms with Gasteiger partial charge in [-0.3, -0.25) is 4.79 Å². The first-order valence-corrected chi connectivity index (χ1v) is 17.1. The SMILES string of the molecule is COc1c2c(c(O)c3c4c(c(C)cc13)C1OC3(C5OCCCO5)OC1[C@@](O[C@H]1CC(OC)[C@@H](NC(C)C)CO1)(O4)[C@@]31CO1)C(=O)CCC2. The van der Waals surface area contributed by atoms with Crippen molar-refractivity contribution in [3.63, 3.8) is 0 Å². The van der Waals surface area contributed by atoms with E-state index in [0.717, 1.165) is 12.0 Å². The summed E-state index contributed by atoms with van der Waals surface area (Å²) in [4.78, 5) is 13.3. The highest BCUT2D eigenvalue weighted by atomic mass is 16.9. The Bertz CT molecular complexity index is 1670. The van der Waals surface area contributed by atoms with Crippen molar-refractivity contribution in [3.05, 3.63) is 28.3 Å². The van der Waals surface area contributed by atoms with E-state index in [-0.39, 0.29) is 41.9 Å². The second-order valence-corrected chi connectivity index (χ2v) is 14.2. The molecule has 48 heavy (non-hydrogen) atoms. The predicted molar refractivity (Wildman–Crippen MR) is 166 cm³/mol. The van der Waals surface area contributed by atoms with E-state index in [2.05, 4.69) is 19.2 Å². The van der Waals surface area contributed by atoms with Crippen LogP contribution in [0, 0.1) is 6.92 Å². The number of aryl methyl sites for hydroxylation is 1. The molecule has 13 heteroatoms. The molecule has 260 valence electrons. The first kappa shape index (κ1) is 31.4. The molecule has 2 bridgehead atoms. The number of rotatable bonds is 7. The van der Waals surface area contributed by atoms with Gasteiger partial charge in [0.05, 0.1) is 56.6 Å². The van der Waals surface area contributed by atoms with Gasteiger partial charge in [0.15, 0.2) is 18.2 Å². The topological polar surface area (TPSA) is 145 Å². The largest absolute Gasteiger partial charge is 0.506 e. The van der Waals surface area contributed by atoms with Gasteiger partial charge in [-0.25, -0.2) is 0 Å². The molecule has 9 rings (SSSR count). The Hall–Kier alpha value is -2.59. The summed E-state index contributed by atoms with van der Waals surface area (Å²) in [5.41, 5.74) is 1.21. The number of phenolic OH excluding ortho intramolecular Hbond substituents is 1. The van der Waals surface area contributed by atoms with Crippen LogP contribution in [-0.4, -0.2) is 106 Å². The van der Waals surface area contributed by atoms with Crippen molar-refractivity contribution in [2.24, 2.45) is 0 Å². The molecule has 0 amide bonds. The number of fused-ring (bicyclic) bond motifs is 8. The summed E-state index contributed by atoms with van der Waals surface area (Å²) in [6, 6.07) is 2.16. The predicted octanol–water partition coefficient (Wildman–Crippen LogP) is 3.31. The van der Waals surface area contributed by atoms with Crippen molar-refractivity contribution < 1.29 is 57.3 Å². The standard InChI is InChI=1S/C35H43NO12/c1-16(2)36-20-14-43-23(13-22(20)39-4)45-34-31-30(47-35(48-31,33(34)15-44-33)32-41-10-7-11-42-32)24-17(3)12-19-26(29(24)46-34)27(38)25-18(28(19)40-5)8-6-9-21(25)37/h12,16,20,22-23,30-32,36,38H,6-11,13-15H2,1-5H3/t20-,22?,23-,30?,31?,33-,34+,35?/m0/s1. The molecule has 1 spiro atoms. The van der Waals surface area contributed by atoms with Crippen molar-refractivity contribution in [3.8, 4) is 17.2 Å². The van der Waals surface area contributed by atoms with Gasteiger partial charge in [0.2, 0.25) is 11.9 Å². The van der Waals surface area contributed by atoms with Crippen molar-refractivity contribution >= 4 is 16.6 Å². The summed E-state index contributed by atoms with van der Waals surface area (Å²) in [5.74, 6) is -2.49. The molecule has 4 unspecified atom stereocenters. The Morgan fingerprint density at radius 3 is 2.58 bits per heavy atom. The van der Waals surface area contributed by atoms with Gasteiger partial charge in [-0.1, -0.05) is 13.8 Å². The van der Waals surface area contributed by atoms with Crippen LogP contribution in [-0.2, 0) is 44.3 Å². The lowest BCUT2D eigenvalue weighted by Gasteiger charge is -2.51. The summed E-state index contributed by atoms with van der Waals surface area (Å²) < 4.78 is 64.8. The Morgan fingerprint density at radius 1 is 1.08 bits per heavy atom. The number of hydrogen-bond acceptors (Lipinski definition) is 13. The zero-order chi connectivity index (χ0) is 33.2. The van der Waals surface area contributed by atoms with Gasteiger partial charge in [-0.05, 0) is 37.8 Å². The van der Waals surface area contributed by atoms with Gasteiger partial charge in [-0.15, -0.1) is 0 Å². The number of carbonyl (C=O) groups excluding carboxylic acids is 1. The zero-order valence-corrected chi connectivity index (χ0v) is 27.9. The van der Waals surface area contributed by atoms with Crippen LogP contribution >= 0.6 is 0 Å². The first-order valence-electron chi connectivity index (χ1n) is 17.1. The fraction of sp³-hybridized carbons (Fsp3) is 0.686. The van der Waals surface area contributed by atoms with E-state index in [1.165, 1.54) is 0 Å². The normalized spacial score (nSPS) is 38.4. The van der Waals surface area contributed by atoms with Crippen LogP contribution < -0.4 is 14.8 Å². The number of ether oxygens (including phenoxy) is 10. The van der Waals surface area contributed by atoms with Gasteiger partial charge >= 0.3 is 0 Å². The number of epoxide rings is 1. The summed E-state index contributed by atoms with van der Waals surface area (Å²) in [5, 5.41) is 16.5. The maximum atomic E-state index is 13.3. The Morgan fingerprint density at radius 2 is 1.88 bits per heavy atom. The second kappa shape index (κ2) is 11.0. The molecule has 0 radical (unpaired) electrons. The second-order valence-electron chi connectivity index (χ2n) is 14.2. The molecule has 7 aliphatic rings. The molecule has 1 aliphatic carbocycles. The number of nitrogens with one attached hydrogen (secondary N) is 1. The van der Waals surface area contributed by atoms with E-state index in [9.17, 15) is 9.90 Å². The molecule has 2 aromatic rings. The molecule has 5 saturated heterocycles. The van der Waals surface area contributed by atoms with E-state index >= 15 is 0 Å². The Kier molecular flexibility index (Phi) is 7.16. The number of hydrogen-bond donors (Lipinski definition) is 2. The molecular formula is C35H43NO12. The quantitative estimate of drug-likeness (QED) is 0.417. The maximum Gasteiger partial charge on any atom is 0.279 e. The average molecular weight is 670 g/mol. The highest BCUT2D eigenvalue weighted by molar-refractivity contribution is 6.11. The van der Waals surface area contributed by atoms with Crippen LogP contribution in [0.2, 0.25) is 0 Å². The van der Waals surface area contributed by atoms with Gasteiger partial charge < -0.3 is 57.8 Å². The minimum Gasteiger partial charge on any atom is -0.506 e. The number of ketones is 1. The van der Waals surface area contributed by atoms with Gasteiger partial charge in [0, 0.05) is 42.5 Å². The lowest BCUT2D eigenvalue weighted by molar-refractivity contribution is -0.384. The maximum absolute atomic E-state index is 13.3. The smallest absolute Gasteiger partial charge is 0.279 e. The summed E-state index contributed by atoms with van der Waals surface area (Å²) in [6.45, 7) is 7.60. The summed E-state index contributed by atoms with van der Waals surface area (Å²) in [6.07, 6.45) is -0.583. The highest BCUT2D eigenvalue weighted by Crippen LogP contribution is 2.72. The Balaban J connectivity index is 1.22. The highest BCUT2D eigenvalue weighted by Gasteiger charge is 2.94. The van der Waals surface area contributed by atoms with E-state index in [1.807, 2.05) is 13.0 Å². The van der Waals surface area contributed by atoms with E-state index in [4.69, 9.17) is 47.4 Å². The molecule has 13 nitrogen and oxygen atoms in total. The third-order valence-electron chi connectivity index (χ3n) is 11.1.